The summed E-state index contributed by atoms with van der Waals surface area (Å²) in [5, 5.41) is 14.7. The van der Waals surface area contributed by atoms with Crippen molar-refractivity contribution in [3.63, 3.8) is 0 Å². The van der Waals surface area contributed by atoms with Gasteiger partial charge in [0.15, 0.2) is 0 Å². The van der Waals surface area contributed by atoms with E-state index in [1.54, 1.807) is 11.3 Å². The first-order chi connectivity index (χ1) is 6.29. The summed E-state index contributed by atoms with van der Waals surface area (Å²) in [6.07, 6.45) is 4.84. The van der Waals surface area contributed by atoms with E-state index in [9.17, 15) is 5.11 Å². The molecule has 0 radical (unpaired) electrons. The molecule has 3 unspecified atom stereocenters. The number of thiophene rings is 1. The van der Waals surface area contributed by atoms with Crippen molar-refractivity contribution in [3.8, 4) is 0 Å². The zero-order valence-electron chi connectivity index (χ0n) is 7.57. The van der Waals surface area contributed by atoms with Crippen molar-refractivity contribution >= 4 is 11.3 Å². The van der Waals surface area contributed by atoms with Crippen molar-refractivity contribution in [2.75, 3.05) is 0 Å². The molecule has 1 nitrogen and oxygen atoms in total. The van der Waals surface area contributed by atoms with Crippen LogP contribution in [-0.4, -0.2) is 5.11 Å². The lowest BCUT2D eigenvalue weighted by molar-refractivity contribution is -0.0178. The quantitative estimate of drug-likeness (QED) is 0.729. The highest BCUT2D eigenvalue weighted by molar-refractivity contribution is 7.08. The molecule has 2 fully saturated rings. The summed E-state index contributed by atoms with van der Waals surface area (Å²) in [4.78, 5) is 0. The highest BCUT2D eigenvalue weighted by atomic mass is 32.1. The molecule has 2 aliphatic rings. The summed E-state index contributed by atoms with van der Waals surface area (Å²) in [5.74, 6) is 1.35. The Hall–Kier alpha value is -0.340. The summed E-state index contributed by atoms with van der Waals surface area (Å²) >= 11 is 1.69. The fourth-order valence-electron chi connectivity index (χ4n) is 3.17. The maximum Gasteiger partial charge on any atom is 0.0935 e. The van der Waals surface area contributed by atoms with Crippen LogP contribution in [0, 0.1) is 11.8 Å². The third kappa shape index (κ3) is 1.02. The molecule has 0 saturated heterocycles. The van der Waals surface area contributed by atoms with Gasteiger partial charge >= 0.3 is 0 Å². The van der Waals surface area contributed by atoms with Crippen molar-refractivity contribution in [1.82, 2.24) is 0 Å². The fraction of sp³-hybridized carbons (Fsp3) is 0.636. The summed E-state index contributed by atoms with van der Waals surface area (Å²) < 4.78 is 0. The van der Waals surface area contributed by atoms with E-state index in [1.165, 1.54) is 24.8 Å². The second kappa shape index (κ2) is 2.58. The topological polar surface area (TPSA) is 20.2 Å². The SMILES string of the molecule is OC1(c2ccsc2)CC2CCC1C2. The summed E-state index contributed by atoms with van der Waals surface area (Å²) in [7, 11) is 0. The molecule has 3 atom stereocenters. The molecule has 0 amide bonds. The van der Waals surface area contributed by atoms with Gasteiger partial charge in [0.1, 0.15) is 0 Å². The Labute approximate surface area is 82.4 Å². The van der Waals surface area contributed by atoms with E-state index < -0.39 is 5.60 Å². The molecule has 1 N–H and O–H groups in total. The molecule has 70 valence electrons. The summed E-state index contributed by atoms with van der Waals surface area (Å²) in [6, 6.07) is 2.09. The predicted octanol–water partition coefficient (Wildman–Crippen LogP) is 2.76. The minimum absolute atomic E-state index is 0.455. The maximum absolute atomic E-state index is 10.5. The Bertz CT molecular complexity index is 306. The van der Waals surface area contributed by atoms with Crippen LogP contribution in [0.2, 0.25) is 0 Å². The third-order valence-electron chi connectivity index (χ3n) is 3.84. The van der Waals surface area contributed by atoms with Gasteiger partial charge in [0.05, 0.1) is 5.60 Å². The monoisotopic (exact) mass is 194 g/mol. The average molecular weight is 194 g/mol. The first-order valence-electron chi connectivity index (χ1n) is 5.04. The van der Waals surface area contributed by atoms with Gasteiger partial charge < -0.3 is 5.11 Å². The molecule has 0 aromatic carbocycles. The van der Waals surface area contributed by atoms with E-state index in [4.69, 9.17) is 0 Å². The molecule has 0 spiro atoms. The number of fused-ring (bicyclic) bond motifs is 2. The zero-order chi connectivity index (χ0) is 8.89. The standard InChI is InChI=1S/C11H14OS/c12-11(10-3-4-13-7-10)6-8-1-2-9(11)5-8/h3-4,7-9,12H,1-2,5-6H2. The highest BCUT2D eigenvalue weighted by Crippen LogP contribution is 2.55. The van der Waals surface area contributed by atoms with Crippen LogP contribution in [0.25, 0.3) is 0 Å². The van der Waals surface area contributed by atoms with E-state index in [2.05, 4.69) is 16.8 Å². The lowest BCUT2D eigenvalue weighted by atomic mass is 9.80. The first kappa shape index (κ1) is 8.01. The molecule has 2 saturated carbocycles. The second-order valence-electron chi connectivity index (χ2n) is 4.52. The lowest BCUT2D eigenvalue weighted by Gasteiger charge is -2.31. The van der Waals surface area contributed by atoms with Crippen LogP contribution < -0.4 is 0 Å². The van der Waals surface area contributed by atoms with Crippen molar-refractivity contribution in [1.29, 1.82) is 0 Å². The molecule has 2 aliphatic carbocycles. The van der Waals surface area contributed by atoms with Gasteiger partial charge in [-0.1, -0.05) is 0 Å². The van der Waals surface area contributed by atoms with Crippen molar-refractivity contribution in [2.45, 2.75) is 31.3 Å². The van der Waals surface area contributed by atoms with Crippen molar-refractivity contribution in [2.24, 2.45) is 11.8 Å². The number of aliphatic hydroxyl groups is 1. The van der Waals surface area contributed by atoms with Gasteiger partial charge in [-0.25, -0.2) is 0 Å². The van der Waals surface area contributed by atoms with E-state index in [1.807, 2.05) is 0 Å². The Morgan fingerprint density at radius 3 is 2.92 bits per heavy atom. The van der Waals surface area contributed by atoms with Crippen LogP contribution in [0.4, 0.5) is 0 Å². The molecule has 1 heterocycles. The fourth-order valence-corrected chi connectivity index (χ4v) is 3.90. The molecular formula is C11H14OS. The molecule has 13 heavy (non-hydrogen) atoms. The van der Waals surface area contributed by atoms with Crippen LogP contribution in [0.5, 0.6) is 0 Å². The van der Waals surface area contributed by atoms with Gasteiger partial charge in [0.25, 0.3) is 0 Å². The maximum atomic E-state index is 10.5. The van der Waals surface area contributed by atoms with Crippen LogP contribution >= 0.6 is 11.3 Å². The molecule has 3 rings (SSSR count). The molecule has 1 aromatic heterocycles. The number of rotatable bonds is 1. The molecule has 2 heteroatoms. The molecule has 1 aromatic rings. The largest absolute Gasteiger partial charge is 0.385 e. The van der Waals surface area contributed by atoms with Gasteiger partial charge in [-0.2, -0.15) is 11.3 Å². The first-order valence-corrected chi connectivity index (χ1v) is 5.98. The molecule has 0 aliphatic heterocycles. The number of hydrogen-bond acceptors (Lipinski definition) is 2. The van der Waals surface area contributed by atoms with Crippen molar-refractivity contribution in [3.05, 3.63) is 22.4 Å². The van der Waals surface area contributed by atoms with Crippen LogP contribution in [0.1, 0.15) is 31.2 Å². The van der Waals surface area contributed by atoms with Gasteiger partial charge in [-0.15, -0.1) is 0 Å². The highest BCUT2D eigenvalue weighted by Gasteiger charge is 2.50. The smallest absolute Gasteiger partial charge is 0.0935 e. The Morgan fingerprint density at radius 2 is 2.38 bits per heavy atom. The van der Waals surface area contributed by atoms with Gasteiger partial charge in [-0.05, 0) is 59.9 Å². The Morgan fingerprint density at radius 1 is 1.46 bits per heavy atom. The summed E-state index contributed by atoms with van der Waals surface area (Å²) in [6.45, 7) is 0. The number of hydrogen-bond donors (Lipinski definition) is 1. The minimum Gasteiger partial charge on any atom is -0.385 e. The summed E-state index contributed by atoms with van der Waals surface area (Å²) in [5.41, 5.74) is 0.716. The Balaban J connectivity index is 1.98. The van der Waals surface area contributed by atoms with E-state index in [0.29, 0.717) is 5.92 Å². The zero-order valence-corrected chi connectivity index (χ0v) is 8.39. The van der Waals surface area contributed by atoms with Gasteiger partial charge in [0.2, 0.25) is 0 Å². The van der Waals surface area contributed by atoms with Gasteiger partial charge in [0, 0.05) is 0 Å². The molecule has 2 bridgehead atoms. The lowest BCUT2D eigenvalue weighted by Crippen LogP contribution is -2.31. The van der Waals surface area contributed by atoms with Crippen LogP contribution in [0.3, 0.4) is 0 Å². The average Bonchev–Trinajstić information content (AvgIpc) is 2.79. The van der Waals surface area contributed by atoms with Crippen molar-refractivity contribution < 1.29 is 5.11 Å². The second-order valence-corrected chi connectivity index (χ2v) is 5.30. The van der Waals surface area contributed by atoms with E-state index in [0.717, 1.165) is 12.3 Å². The minimum atomic E-state index is -0.455. The van der Waals surface area contributed by atoms with Crippen LogP contribution in [-0.2, 0) is 5.60 Å². The van der Waals surface area contributed by atoms with E-state index in [-0.39, 0.29) is 0 Å². The van der Waals surface area contributed by atoms with E-state index >= 15 is 0 Å². The normalized spacial score (nSPS) is 42.8. The molecular weight excluding hydrogens is 180 g/mol. The van der Waals surface area contributed by atoms with Crippen LogP contribution in [0.15, 0.2) is 16.8 Å². The third-order valence-corrected chi connectivity index (χ3v) is 4.52. The van der Waals surface area contributed by atoms with Gasteiger partial charge in [-0.3, -0.25) is 0 Å². The predicted molar refractivity (Wildman–Crippen MR) is 53.7 cm³/mol. The Kier molecular flexibility index (Phi) is 1.59.